The molecular weight excluding hydrogens is 304 g/mol. The third-order valence-corrected chi connectivity index (χ3v) is 5.20. The van der Waals surface area contributed by atoms with Gasteiger partial charge < -0.3 is 14.8 Å². The van der Waals surface area contributed by atoms with E-state index in [1.807, 2.05) is 18.3 Å². The Bertz CT molecular complexity index is 890. The van der Waals surface area contributed by atoms with Gasteiger partial charge in [-0.15, -0.1) is 6.42 Å². The SMILES string of the molecule is C#C[C@H]1CN(C(=O)CC#N)[C@]12CCN(c1ncnc3[nH]ccc13)C2. The molecule has 0 bridgehead atoms. The molecule has 7 nitrogen and oxygen atoms in total. The summed E-state index contributed by atoms with van der Waals surface area (Å²) in [4.78, 5) is 27.9. The van der Waals surface area contributed by atoms with E-state index >= 15 is 0 Å². The molecule has 24 heavy (non-hydrogen) atoms. The van der Waals surface area contributed by atoms with Gasteiger partial charge in [-0.25, -0.2) is 9.97 Å². The highest BCUT2D eigenvalue weighted by molar-refractivity contribution is 5.87. The lowest BCUT2D eigenvalue weighted by atomic mass is 9.73. The van der Waals surface area contributed by atoms with Crippen molar-refractivity contribution < 1.29 is 4.79 Å². The summed E-state index contributed by atoms with van der Waals surface area (Å²) in [5, 5.41) is 9.77. The lowest BCUT2D eigenvalue weighted by molar-refractivity contribution is -0.149. The van der Waals surface area contributed by atoms with Gasteiger partial charge in [-0.2, -0.15) is 5.26 Å². The molecular formula is C17H16N6O. The molecule has 2 fully saturated rings. The van der Waals surface area contributed by atoms with Gasteiger partial charge in [0.1, 0.15) is 24.2 Å². The highest BCUT2D eigenvalue weighted by Crippen LogP contribution is 2.45. The molecule has 1 spiro atoms. The van der Waals surface area contributed by atoms with Gasteiger partial charge in [0.25, 0.3) is 0 Å². The Morgan fingerprint density at radius 3 is 3.21 bits per heavy atom. The van der Waals surface area contributed by atoms with E-state index in [1.54, 1.807) is 4.90 Å². The molecule has 120 valence electrons. The summed E-state index contributed by atoms with van der Waals surface area (Å²) < 4.78 is 0. The summed E-state index contributed by atoms with van der Waals surface area (Å²) in [6.45, 7) is 1.94. The normalized spacial score (nSPS) is 25.5. The van der Waals surface area contributed by atoms with Gasteiger partial charge in [0, 0.05) is 25.8 Å². The maximum Gasteiger partial charge on any atom is 0.237 e. The highest BCUT2D eigenvalue weighted by Gasteiger charge is 2.58. The van der Waals surface area contributed by atoms with E-state index in [-0.39, 0.29) is 23.8 Å². The lowest BCUT2D eigenvalue weighted by Gasteiger charge is -2.54. The van der Waals surface area contributed by atoms with Gasteiger partial charge in [0.15, 0.2) is 0 Å². The first kappa shape index (κ1) is 14.5. The lowest BCUT2D eigenvalue weighted by Crippen LogP contribution is -2.69. The van der Waals surface area contributed by atoms with Crippen LogP contribution in [0.15, 0.2) is 18.6 Å². The zero-order valence-electron chi connectivity index (χ0n) is 13.1. The number of nitrogens with one attached hydrogen (secondary N) is 1. The van der Waals surface area contributed by atoms with E-state index in [0.29, 0.717) is 13.1 Å². The molecule has 1 N–H and O–H groups in total. The summed E-state index contributed by atoms with van der Waals surface area (Å²) in [6.07, 6.45) is 9.74. The van der Waals surface area contributed by atoms with Crippen LogP contribution in [0.1, 0.15) is 12.8 Å². The number of nitrogens with zero attached hydrogens (tertiary/aromatic N) is 5. The number of hydrogen-bond acceptors (Lipinski definition) is 5. The van der Waals surface area contributed by atoms with E-state index in [4.69, 9.17) is 11.7 Å². The van der Waals surface area contributed by atoms with Crippen LogP contribution in [0.4, 0.5) is 5.82 Å². The largest absolute Gasteiger partial charge is 0.353 e. The van der Waals surface area contributed by atoms with E-state index in [9.17, 15) is 4.79 Å². The monoisotopic (exact) mass is 320 g/mol. The minimum absolute atomic E-state index is 0.0219. The van der Waals surface area contributed by atoms with Crippen molar-refractivity contribution in [2.75, 3.05) is 24.5 Å². The first-order chi connectivity index (χ1) is 11.7. The molecule has 0 aromatic carbocycles. The number of terminal acetylenes is 1. The first-order valence-electron chi connectivity index (χ1n) is 7.86. The van der Waals surface area contributed by atoms with Crippen molar-refractivity contribution in [1.29, 1.82) is 5.26 Å². The molecule has 2 atom stereocenters. The van der Waals surface area contributed by atoms with Crippen LogP contribution >= 0.6 is 0 Å². The van der Waals surface area contributed by atoms with Gasteiger partial charge in [0.05, 0.1) is 22.9 Å². The molecule has 1 amide bonds. The molecule has 2 aromatic heterocycles. The average molecular weight is 320 g/mol. The Morgan fingerprint density at radius 1 is 1.54 bits per heavy atom. The Kier molecular flexibility index (Phi) is 3.17. The Hall–Kier alpha value is -3.06. The molecule has 0 unspecified atom stereocenters. The molecule has 2 aliphatic rings. The number of aromatic amines is 1. The second-order valence-electron chi connectivity index (χ2n) is 6.27. The fourth-order valence-corrected chi connectivity index (χ4v) is 3.94. The van der Waals surface area contributed by atoms with Crippen LogP contribution in [0.3, 0.4) is 0 Å². The van der Waals surface area contributed by atoms with Gasteiger partial charge in [-0.3, -0.25) is 4.79 Å². The summed E-state index contributed by atoms with van der Waals surface area (Å²) in [5.41, 5.74) is 0.413. The van der Waals surface area contributed by atoms with Crippen LogP contribution in [0.5, 0.6) is 0 Å². The van der Waals surface area contributed by atoms with Crippen molar-refractivity contribution in [2.24, 2.45) is 5.92 Å². The summed E-state index contributed by atoms with van der Waals surface area (Å²) in [6, 6.07) is 3.89. The number of nitriles is 1. The molecule has 2 aromatic rings. The molecule has 0 radical (unpaired) electrons. The maximum atomic E-state index is 12.2. The number of hydrogen-bond donors (Lipinski definition) is 1. The van der Waals surface area contributed by atoms with Crippen molar-refractivity contribution in [3.8, 4) is 18.4 Å². The van der Waals surface area contributed by atoms with Crippen LogP contribution in [-0.2, 0) is 4.79 Å². The Morgan fingerprint density at radius 2 is 2.42 bits per heavy atom. The number of likely N-dealkylation sites (tertiary alicyclic amines) is 1. The first-order valence-corrected chi connectivity index (χ1v) is 7.86. The van der Waals surface area contributed by atoms with Crippen LogP contribution in [-0.4, -0.2) is 50.9 Å². The highest BCUT2D eigenvalue weighted by atomic mass is 16.2. The average Bonchev–Trinajstić information content (AvgIpc) is 3.22. The fraction of sp³-hybridized carbons (Fsp3) is 0.412. The Balaban J connectivity index is 1.65. The quantitative estimate of drug-likeness (QED) is 0.831. The predicted octanol–water partition coefficient (Wildman–Crippen LogP) is 0.912. The van der Waals surface area contributed by atoms with E-state index in [1.165, 1.54) is 6.33 Å². The number of rotatable bonds is 2. The minimum Gasteiger partial charge on any atom is -0.353 e. The number of carbonyl (C=O) groups excluding carboxylic acids is 1. The Labute approximate surface area is 139 Å². The van der Waals surface area contributed by atoms with Crippen LogP contribution in [0.2, 0.25) is 0 Å². The number of carbonyl (C=O) groups is 1. The van der Waals surface area contributed by atoms with Gasteiger partial charge >= 0.3 is 0 Å². The van der Waals surface area contributed by atoms with Gasteiger partial charge in [0.2, 0.25) is 5.91 Å². The van der Waals surface area contributed by atoms with Gasteiger partial charge in [-0.05, 0) is 12.5 Å². The molecule has 2 saturated heterocycles. The zero-order valence-corrected chi connectivity index (χ0v) is 13.1. The van der Waals surface area contributed by atoms with E-state index in [2.05, 4.69) is 25.8 Å². The molecule has 0 saturated carbocycles. The van der Waals surface area contributed by atoms with Crippen molar-refractivity contribution >= 4 is 22.8 Å². The number of H-pyrrole nitrogens is 1. The zero-order chi connectivity index (χ0) is 16.7. The number of anilines is 1. The maximum absolute atomic E-state index is 12.2. The minimum atomic E-state index is -0.379. The van der Waals surface area contributed by atoms with Gasteiger partial charge in [-0.1, -0.05) is 5.92 Å². The fourth-order valence-electron chi connectivity index (χ4n) is 3.94. The number of fused-ring (bicyclic) bond motifs is 1. The van der Waals surface area contributed by atoms with E-state index in [0.717, 1.165) is 29.8 Å². The summed E-state index contributed by atoms with van der Waals surface area (Å²) in [5.74, 6) is 3.56. The summed E-state index contributed by atoms with van der Waals surface area (Å²) >= 11 is 0. The van der Waals surface area contributed by atoms with Crippen molar-refractivity contribution in [3.05, 3.63) is 18.6 Å². The second-order valence-corrected chi connectivity index (χ2v) is 6.27. The van der Waals surface area contributed by atoms with Crippen LogP contribution in [0.25, 0.3) is 11.0 Å². The smallest absolute Gasteiger partial charge is 0.237 e. The predicted molar refractivity (Wildman–Crippen MR) is 87.7 cm³/mol. The topological polar surface area (TPSA) is 88.9 Å². The standard InChI is InChI=1S/C17H16N6O/c1-2-12-9-23(14(24)3-6-18)17(12)5-8-22(10-17)16-13-4-7-19-15(13)20-11-21-16/h1,4,7,11-12H,3,5,8-10H2,(H,19,20,21)/t12-,17-/m0/s1. The second kappa shape index (κ2) is 5.24. The third kappa shape index (κ3) is 1.88. The molecule has 4 heterocycles. The third-order valence-electron chi connectivity index (χ3n) is 5.20. The number of amides is 1. The van der Waals surface area contributed by atoms with E-state index < -0.39 is 0 Å². The molecule has 2 aliphatic heterocycles. The van der Waals surface area contributed by atoms with Crippen LogP contribution < -0.4 is 4.90 Å². The molecule has 4 rings (SSSR count). The number of aromatic nitrogens is 3. The van der Waals surface area contributed by atoms with Crippen LogP contribution in [0, 0.1) is 29.6 Å². The summed E-state index contributed by atoms with van der Waals surface area (Å²) in [7, 11) is 0. The van der Waals surface area contributed by atoms with Crippen molar-refractivity contribution in [1.82, 2.24) is 19.9 Å². The molecule has 0 aliphatic carbocycles. The van der Waals surface area contributed by atoms with Crippen molar-refractivity contribution in [3.63, 3.8) is 0 Å². The molecule has 7 heteroatoms. The van der Waals surface area contributed by atoms with Crippen molar-refractivity contribution in [2.45, 2.75) is 18.4 Å².